The SMILES string of the molecule is CC(C)CC(CNC(=O)N(CC1CCOC1)C1CC1)N1CCOCC1. The smallest absolute Gasteiger partial charge is 0.317 e. The number of carbonyl (C=O) groups is 1. The van der Waals surface area contributed by atoms with Crippen molar-refractivity contribution in [2.24, 2.45) is 11.8 Å². The second-order valence-corrected chi connectivity index (χ2v) is 8.23. The predicted octanol–water partition coefficient (Wildman–Crippen LogP) is 1.94. The first-order valence-electron chi connectivity index (χ1n) is 10.1. The normalized spacial score (nSPS) is 26.0. The van der Waals surface area contributed by atoms with Gasteiger partial charge in [-0.25, -0.2) is 4.79 Å². The molecule has 2 amide bonds. The van der Waals surface area contributed by atoms with Crippen LogP contribution in [0, 0.1) is 11.8 Å². The molecule has 3 fully saturated rings. The van der Waals surface area contributed by atoms with Crippen LogP contribution in [-0.4, -0.2) is 80.5 Å². The molecule has 1 saturated carbocycles. The Bertz CT molecular complexity index is 416. The first-order valence-corrected chi connectivity index (χ1v) is 10.1. The molecule has 1 N–H and O–H groups in total. The van der Waals surface area contributed by atoms with E-state index in [9.17, 15) is 4.79 Å². The van der Waals surface area contributed by atoms with E-state index in [1.165, 1.54) is 0 Å². The zero-order chi connectivity index (χ0) is 17.6. The minimum atomic E-state index is 0.122. The Balaban J connectivity index is 1.51. The zero-order valence-electron chi connectivity index (χ0n) is 15.9. The summed E-state index contributed by atoms with van der Waals surface area (Å²) in [4.78, 5) is 17.4. The Morgan fingerprint density at radius 3 is 2.52 bits per heavy atom. The van der Waals surface area contributed by atoms with Gasteiger partial charge in [0, 0.05) is 50.8 Å². The van der Waals surface area contributed by atoms with Gasteiger partial charge in [-0.3, -0.25) is 4.90 Å². The van der Waals surface area contributed by atoms with Gasteiger partial charge in [0.05, 0.1) is 19.8 Å². The number of nitrogens with one attached hydrogen (secondary N) is 1. The molecule has 0 radical (unpaired) electrons. The molecule has 2 unspecified atom stereocenters. The Kier molecular flexibility index (Phi) is 6.96. The fourth-order valence-electron chi connectivity index (χ4n) is 3.94. The number of amides is 2. The van der Waals surface area contributed by atoms with Crippen LogP contribution < -0.4 is 5.32 Å². The van der Waals surface area contributed by atoms with Gasteiger partial charge in [-0.05, 0) is 31.6 Å². The molecule has 1 aliphatic carbocycles. The molecule has 0 aromatic rings. The van der Waals surface area contributed by atoms with Crippen LogP contribution in [0.5, 0.6) is 0 Å². The Labute approximate surface area is 152 Å². The molecule has 0 aromatic heterocycles. The summed E-state index contributed by atoms with van der Waals surface area (Å²) >= 11 is 0. The minimum absolute atomic E-state index is 0.122. The third-order valence-corrected chi connectivity index (χ3v) is 5.52. The second kappa shape index (κ2) is 9.19. The molecule has 0 bridgehead atoms. The summed E-state index contributed by atoms with van der Waals surface area (Å²) < 4.78 is 11.0. The summed E-state index contributed by atoms with van der Waals surface area (Å²) in [5.74, 6) is 1.14. The standard InChI is InChI=1S/C19H35N3O3/c1-15(2)11-18(21-6-9-24-10-7-21)12-20-19(23)22(17-3-4-17)13-16-5-8-25-14-16/h15-18H,3-14H2,1-2H3,(H,20,23). The molecule has 25 heavy (non-hydrogen) atoms. The highest BCUT2D eigenvalue weighted by Gasteiger charge is 2.35. The molecule has 6 nitrogen and oxygen atoms in total. The summed E-state index contributed by atoms with van der Waals surface area (Å²) in [6.07, 6.45) is 4.50. The molecular weight excluding hydrogens is 318 g/mol. The van der Waals surface area contributed by atoms with E-state index in [1.54, 1.807) is 0 Å². The molecule has 0 spiro atoms. The average molecular weight is 354 g/mol. The van der Waals surface area contributed by atoms with Crippen molar-refractivity contribution >= 4 is 6.03 Å². The first kappa shape index (κ1) is 18.9. The van der Waals surface area contributed by atoms with Gasteiger partial charge >= 0.3 is 6.03 Å². The molecule has 144 valence electrons. The van der Waals surface area contributed by atoms with Crippen molar-refractivity contribution in [2.75, 3.05) is 52.6 Å². The van der Waals surface area contributed by atoms with Crippen LogP contribution in [0.15, 0.2) is 0 Å². The van der Waals surface area contributed by atoms with Gasteiger partial charge in [0.1, 0.15) is 0 Å². The van der Waals surface area contributed by atoms with Crippen molar-refractivity contribution in [1.82, 2.24) is 15.1 Å². The fraction of sp³-hybridized carbons (Fsp3) is 0.947. The maximum Gasteiger partial charge on any atom is 0.317 e. The maximum atomic E-state index is 12.8. The molecule has 3 aliphatic rings. The lowest BCUT2D eigenvalue weighted by Crippen LogP contribution is -2.52. The number of ether oxygens (including phenoxy) is 2. The molecule has 2 heterocycles. The maximum absolute atomic E-state index is 12.8. The van der Waals surface area contributed by atoms with Crippen molar-refractivity contribution in [3.05, 3.63) is 0 Å². The summed E-state index contributed by atoms with van der Waals surface area (Å²) in [6, 6.07) is 0.979. The summed E-state index contributed by atoms with van der Waals surface area (Å²) in [7, 11) is 0. The van der Waals surface area contributed by atoms with Gasteiger partial charge in [0.25, 0.3) is 0 Å². The molecule has 3 rings (SSSR count). The van der Waals surface area contributed by atoms with Crippen molar-refractivity contribution in [3.8, 4) is 0 Å². The zero-order valence-corrected chi connectivity index (χ0v) is 15.9. The third-order valence-electron chi connectivity index (χ3n) is 5.52. The van der Waals surface area contributed by atoms with Gasteiger partial charge in [0.2, 0.25) is 0 Å². The van der Waals surface area contributed by atoms with Crippen LogP contribution in [0.4, 0.5) is 4.79 Å². The average Bonchev–Trinajstić information content (AvgIpc) is 3.32. The van der Waals surface area contributed by atoms with Crippen molar-refractivity contribution < 1.29 is 14.3 Å². The molecule has 2 atom stereocenters. The van der Waals surface area contributed by atoms with Crippen LogP contribution in [0.3, 0.4) is 0 Å². The molecule has 2 aliphatic heterocycles. The van der Waals surface area contributed by atoms with E-state index in [4.69, 9.17) is 9.47 Å². The van der Waals surface area contributed by atoms with E-state index in [0.29, 0.717) is 23.9 Å². The highest BCUT2D eigenvalue weighted by molar-refractivity contribution is 5.75. The van der Waals surface area contributed by atoms with Gasteiger partial charge in [-0.2, -0.15) is 0 Å². The highest BCUT2D eigenvalue weighted by atomic mass is 16.5. The predicted molar refractivity (Wildman–Crippen MR) is 97.7 cm³/mol. The lowest BCUT2D eigenvalue weighted by Gasteiger charge is -2.36. The monoisotopic (exact) mass is 353 g/mol. The molecule has 6 heteroatoms. The lowest BCUT2D eigenvalue weighted by molar-refractivity contribution is 0.0126. The molecule has 2 saturated heterocycles. The number of carbonyl (C=O) groups excluding carboxylic acids is 1. The summed E-state index contributed by atoms with van der Waals surface area (Å²) in [5.41, 5.74) is 0. The third kappa shape index (κ3) is 5.83. The van der Waals surface area contributed by atoms with Crippen LogP contribution >= 0.6 is 0 Å². The Morgan fingerprint density at radius 1 is 1.16 bits per heavy atom. The van der Waals surface area contributed by atoms with Gasteiger partial charge in [-0.1, -0.05) is 13.8 Å². The van der Waals surface area contributed by atoms with E-state index >= 15 is 0 Å². The van der Waals surface area contributed by atoms with Crippen molar-refractivity contribution in [2.45, 2.75) is 51.6 Å². The van der Waals surface area contributed by atoms with Crippen molar-refractivity contribution in [1.29, 1.82) is 0 Å². The minimum Gasteiger partial charge on any atom is -0.381 e. The number of hydrogen-bond donors (Lipinski definition) is 1. The number of rotatable bonds is 8. The van der Waals surface area contributed by atoms with Crippen molar-refractivity contribution in [3.63, 3.8) is 0 Å². The van der Waals surface area contributed by atoms with Gasteiger partial charge < -0.3 is 19.7 Å². The van der Waals surface area contributed by atoms with Crippen LogP contribution in [0.25, 0.3) is 0 Å². The molecule has 0 aromatic carbocycles. The molecular formula is C19H35N3O3. The number of urea groups is 1. The lowest BCUT2D eigenvalue weighted by atomic mass is 10.0. The van der Waals surface area contributed by atoms with Crippen LogP contribution in [0.1, 0.15) is 39.5 Å². The largest absolute Gasteiger partial charge is 0.381 e. The summed E-state index contributed by atoms with van der Waals surface area (Å²) in [6.45, 7) is 11.3. The van der Waals surface area contributed by atoms with E-state index in [2.05, 4.69) is 29.0 Å². The number of hydrogen-bond acceptors (Lipinski definition) is 4. The highest BCUT2D eigenvalue weighted by Crippen LogP contribution is 2.29. The van der Waals surface area contributed by atoms with E-state index in [-0.39, 0.29) is 6.03 Å². The van der Waals surface area contributed by atoms with E-state index < -0.39 is 0 Å². The number of morpholine rings is 1. The van der Waals surface area contributed by atoms with Gasteiger partial charge in [-0.15, -0.1) is 0 Å². The Morgan fingerprint density at radius 2 is 1.92 bits per heavy atom. The fourth-order valence-corrected chi connectivity index (χ4v) is 3.94. The number of nitrogens with zero attached hydrogens (tertiary/aromatic N) is 2. The first-order chi connectivity index (χ1) is 12.1. The van der Waals surface area contributed by atoms with Crippen LogP contribution in [0.2, 0.25) is 0 Å². The quantitative estimate of drug-likeness (QED) is 0.725. The topological polar surface area (TPSA) is 54.0 Å². The van der Waals surface area contributed by atoms with E-state index in [1.807, 2.05) is 0 Å². The van der Waals surface area contributed by atoms with E-state index in [0.717, 1.165) is 78.3 Å². The van der Waals surface area contributed by atoms with Crippen LogP contribution in [-0.2, 0) is 9.47 Å². The second-order valence-electron chi connectivity index (χ2n) is 8.23. The Hall–Kier alpha value is -0.850. The summed E-state index contributed by atoms with van der Waals surface area (Å²) in [5, 5.41) is 3.24. The van der Waals surface area contributed by atoms with Gasteiger partial charge in [0.15, 0.2) is 0 Å².